The van der Waals surface area contributed by atoms with E-state index in [2.05, 4.69) is 53.8 Å². The quantitative estimate of drug-likeness (QED) is 0.0368. The summed E-state index contributed by atoms with van der Waals surface area (Å²) in [7, 11) is 0. The fraction of sp³-hybridized carbons (Fsp3) is 0.394. The highest BCUT2D eigenvalue weighted by Gasteiger charge is 2.35. The summed E-state index contributed by atoms with van der Waals surface area (Å²) in [5.74, 6) is 3.65. The molecule has 0 saturated carbocycles. The number of carbonyl (C=O) groups is 2. The molecule has 88 heavy (non-hydrogen) atoms. The van der Waals surface area contributed by atoms with Crippen LogP contribution in [0.5, 0.6) is 11.5 Å². The van der Waals surface area contributed by atoms with Gasteiger partial charge in [0, 0.05) is 104 Å². The number of aryl methyl sites for hydroxylation is 2. The normalized spacial score (nSPS) is 15.5. The van der Waals surface area contributed by atoms with Gasteiger partial charge >= 0.3 is 0 Å². The highest BCUT2D eigenvalue weighted by Crippen LogP contribution is 2.41. The number of anilines is 4. The molecule has 5 aliphatic rings. The second-order valence-corrected chi connectivity index (χ2v) is 23.0. The number of aromatic nitrogens is 4. The van der Waals surface area contributed by atoms with Crippen molar-refractivity contribution in [2.45, 2.75) is 38.9 Å². The summed E-state index contributed by atoms with van der Waals surface area (Å²) in [6, 6.07) is 34.7. The molecule has 0 unspecified atom stereocenters. The van der Waals surface area contributed by atoms with E-state index >= 15 is 0 Å². The van der Waals surface area contributed by atoms with E-state index in [1.165, 1.54) is 21.6 Å². The molecule has 7 aromatic rings. The van der Waals surface area contributed by atoms with Gasteiger partial charge in [0.05, 0.1) is 81.9 Å². The van der Waals surface area contributed by atoms with Crippen LogP contribution in [0.4, 0.5) is 23.5 Å². The molecule has 2 fully saturated rings. The minimum atomic E-state index is -0.263. The number of fused-ring (bicyclic) bond motifs is 7. The first-order valence-electron chi connectivity index (χ1n) is 30.3. The van der Waals surface area contributed by atoms with Crippen molar-refractivity contribution in [1.82, 2.24) is 34.6 Å². The fourth-order valence-electron chi connectivity index (χ4n) is 11.7. The predicted octanol–water partition coefficient (Wildman–Crippen LogP) is 7.68. The second kappa shape index (κ2) is 30.1. The van der Waals surface area contributed by atoms with Crippen LogP contribution in [0.2, 0.25) is 10.0 Å². The standard InChI is InChI=1S/C37H39ClN6O5.C29H37ClN6O3/c38-27-8-5-25(6-9-27)24-49-28-10-12-29-26(23-28)7-11-32-33(29)40-37(39)41-34(32)43-15-13-42(14-16-43)17-19-47-21-22-48-20-18-44-35(45)30-3-1-2-4-31(30)36(44)46;30-23-4-1-21(2-5-23)20-39-24-6-8-25-22(19-24)3-7-26-27(25)33-29(32)34-28(26)36-12-10-35(11-13-36)14-16-38-18-17-37-15-9-31/h1-6,8-10,12,23H,7,11,13-22,24H2,(H2,39,40,41);1-2,4-6,8,19H,3,7,9-18,20,31H2,(H2,32,33,34). The lowest BCUT2D eigenvalue weighted by Crippen LogP contribution is -2.48. The van der Waals surface area contributed by atoms with Crippen molar-refractivity contribution < 1.29 is 38.0 Å². The number of ether oxygens (including phenoxy) is 6. The molecule has 6 N–H and O–H groups in total. The number of halogens is 2. The average molecular weight is 1240 g/mol. The van der Waals surface area contributed by atoms with E-state index in [0.29, 0.717) is 88.1 Å². The number of hydrogen-bond donors (Lipinski definition) is 3. The first-order valence-corrected chi connectivity index (χ1v) is 31.1. The highest BCUT2D eigenvalue weighted by atomic mass is 35.5. The topological polar surface area (TPSA) is 235 Å². The lowest BCUT2D eigenvalue weighted by molar-refractivity contribution is 0.0295. The van der Waals surface area contributed by atoms with Crippen LogP contribution in [-0.2, 0) is 57.8 Å². The summed E-state index contributed by atoms with van der Waals surface area (Å²) in [5.41, 5.74) is 29.7. The smallest absolute Gasteiger partial charge is 0.261 e. The minimum absolute atomic E-state index is 0.228. The third-order valence-electron chi connectivity index (χ3n) is 16.4. The Morgan fingerprint density at radius 3 is 1.27 bits per heavy atom. The Morgan fingerprint density at radius 1 is 0.443 bits per heavy atom. The van der Waals surface area contributed by atoms with Gasteiger partial charge in [-0.15, -0.1) is 0 Å². The van der Waals surface area contributed by atoms with Crippen LogP contribution in [0, 0.1) is 0 Å². The van der Waals surface area contributed by atoms with E-state index < -0.39 is 0 Å². The van der Waals surface area contributed by atoms with Crippen LogP contribution < -0.4 is 36.5 Å². The Labute approximate surface area is 523 Å². The van der Waals surface area contributed by atoms with Crippen LogP contribution >= 0.6 is 23.2 Å². The maximum Gasteiger partial charge on any atom is 0.261 e. The SMILES string of the molecule is NCCOCCOCCN1CCN(c2nc(N)nc3c2CCc2cc(OCc4ccc(Cl)cc4)ccc2-3)CC1.Nc1nc2c(c(N3CCN(CCOCCOCCN4C(=O)c5ccccc5C4=O)CC3)n1)CCc1cc(OCc3ccc(Cl)cc3)ccc1-2. The number of hydrogen-bond acceptors (Lipinski definition) is 19. The molecule has 0 bridgehead atoms. The highest BCUT2D eigenvalue weighted by molar-refractivity contribution is 6.30. The molecule has 2 aliphatic carbocycles. The number of nitrogens with two attached hydrogens (primary N) is 3. The third kappa shape index (κ3) is 15.7. The predicted molar refractivity (Wildman–Crippen MR) is 342 cm³/mol. The van der Waals surface area contributed by atoms with Crippen LogP contribution in [0.25, 0.3) is 22.5 Å². The van der Waals surface area contributed by atoms with E-state index in [0.717, 1.165) is 158 Å². The van der Waals surface area contributed by atoms with Gasteiger partial charge in [-0.1, -0.05) is 59.6 Å². The zero-order valence-electron chi connectivity index (χ0n) is 49.6. The molecule has 0 radical (unpaired) electrons. The van der Waals surface area contributed by atoms with Gasteiger partial charge in [0.15, 0.2) is 0 Å². The lowest BCUT2D eigenvalue weighted by atomic mass is 9.88. The number of nitrogens with zero attached hydrogens (tertiary/aromatic N) is 9. The maximum atomic E-state index is 12.5. The van der Waals surface area contributed by atoms with E-state index in [9.17, 15) is 9.59 Å². The molecule has 5 aromatic carbocycles. The van der Waals surface area contributed by atoms with Gasteiger partial charge < -0.3 is 55.4 Å². The van der Waals surface area contributed by atoms with Crippen molar-refractivity contribution in [3.8, 4) is 34.0 Å². The molecule has 20 nitrogen and oxygen atoms in total. The molecule has 2 amide bonds. The molecule has 12 rings (SSSR count). The molecule has 0 atom stereocenters. The monoisotopic (exact) mass is 1230 g/mol. The zero-order valence-corrected chi connectivity index (χ0v) is 51.1. The minimum Gasteiger partial charge on any atom is -0.489 e. The molecule has 2 saturated heterocycles. The number of rotatable bonds is 25. The molecule has 5 heterocycles. The van der Waals surface area contributed by atoms with Crippen LogP contribution in [0.15, 0.2) is 109 Å². The summed E-state index contributed by atoms with van der Waals surface area (Å²) in [6.07, 6.45) is 3.50. The Kier molecular flexibility index (Phi) is 21.3. The van der Waals surface area contributed by atoms with Crippen LogP contribution in [0.1, 0.15) is 54.1 Å². The summed E-state index contributed by atoms with van der Waals surface area (Å²) >= 11 is 12.0. The van der Waals surface area contributed by atoms with Crippen LogP contribution in [-0.4, -0.2) is 178 Å². The van der Waals surface area contributed by atoms with Crippen molar-refractivity contribution >= 4 is 58.5 Å². The van der Waals surface area contributed by atoms with Crippen LogP contribution in [0.3, 0.4) is 0 Å². The Morgan fingerprint density at radius 2 is 0.852 bits per heavy atom. The molecular formula is C66H76Cl2N12O8. The van der Waals surface area contributed by atoms with Gasteiger partial charge in [-0.05, 0) is 121 Å². The molecule has 3 aliphatic heterocycles. The Bertz CT molecular complexity index is 3480. The lowest BCUT2D eigenvalue weighted by Gasteiger charge is -2.37. The maximum absolute atomic E-state index is 12.5. The van der Waals surface area contributed by atoms with E-state index in [1.54, 1.807) is 24.3 Å². The van der Waals surface area contributed by atoms with Gasteiger partial charge in [-0.3, -0.25) is 24.3 Å². The first kappa shape index (κ1) is 62.1. The number of nitrogen functional groups attached to an aromatic ring is 2. The summed E-state index contributed by atoms with van der Waals surface area (Å²) < 4.78 is 34.6. The third-order valence-corrected chi connectivity index (χ3v) is 16.9. The van der Waals surface area contributed by atoms with Crippen molar-refractivity contribution in [3.63, 3.8) is 0 Å². The van der Waals surface area contributed by atoms with Crippen molar-refractivity contribution in [2.24, 2.45) is 5.73 Å². The number of imide groups is 1. The van der Waals surface area contributed by atoms with E-state index in [4.69, 9.17) is 78.8 Å². The number of carbonyl (C=O) groups excluding carboxylic acids is 2. The van der Waals surface area contributed by atoms with Gasteiger partial charge in [-0.2, -0.15) is 9.97 Å². The van der Waals surface area contributed by atoms with E-state index in [1.807, 2.05) is 60.7 Å². The molecule has 22 heteroatoms. The van der Waals surface area contributed by atoms with Gasteiger partial charge in [0.2, 0.25) is 11.9 Å². The van der Waals surface area contributed by atoms with Crippen molar-refractivity contribution in [3.05, 3.63) is 164 Å². The molecular weight excluding hydrogens is 1160 g/mol. The zero-order chi connectivity index (χ0) is 60.8. The summed E-state index contributed by atoms with van der Waals surface area (Å²) in [4.78, 5) is 54.4. The Hall–Kier alpha value is -7.50. The fourth-order valence-corrected chi connectivity index (χ4v) is 11.9. The van der Waals surface area contributed by atoms with E-state index in [-0.39, 0.29) is 30.9 Å². The van der Waals surface area contributed by atoms with Gasteiger partial charge in [0.1, 0.15) is 36.3 Å². The second-order valence-electron chi connectivity index (χ2n) is 22.1. The summed E-state index contributed by atoms with van der Waals surface area (Å²) in [5, 5.41) is 1.43. The van der Waals surface area contributed by atoms with Gasteiger partial charge in [-0.25, -0.2) is 9.97 Å². The van der Waals surface area contributed by atoms with Gasteiger partial charge in [0.25, 0.3) is 11.8 Å². The summed E-state index contributed by atoms with van der Waals surface area (Å²) in [6.45, 7) is 14.8. The first-order chi connectivity index (χ1) is 43.0. The average Bonchev–Trinajstić information content (AvgIpc) is 2.47. The number of amides is 2. The largest absolute Gasteiger partial charge is 0.489 e. The molecule has 2 aromatic heterocycles. The molecule has 462 valence electrons. The van der Waals surface area contributed by atoms with Crippen molar-refractivity contribution in [1.29, 1.82) is 0 Å². The molecule has 0 spiro atoms. The number of benzene rings is 5. The van der Waals surface area contributed by atoms with Crippen molar-refractivity contribution in [2.75, 3.05) is 153 Å². The Balaban J connectivity index is 0.000000187. The number of piperazine rings is 2.